The Morgan fingerprint density at radius 2 is 2.08 bits per heavy atom. The zero-order valence-corrected chi connectivity index (χ0v) is 15.5. The van der Waals surface area contributed by atoms with Crippen molar-refractivity contribution in [2.45, 2.75) is 32.0 Å². The van der Waals surface area contributed by atoms with Gasteiger partial charge in [0, 0.05) is 17.3 Å². The molecule has 24 heavy (non-hydrogen) atoms. The molecule has 9 heteroatoms. The van der Waals surface area contributed by atoms with Gasteiger partial charge in [0.1, 0.15) is 0 Å². The molecule has 0 saturated heterocycles. The van der Waals surface area contributed by atoms with Gasteiger partial charge in [0.25, 0.3) is 0 Å². The molecule has 0 aliphatic heterocycles. The molecule has 6 nitrogen and oxygen atoms in total. The molecule has 2 aromatic rings. The molecule has 1 aromatic carbocycles. The molecule has 0 fully saturated rings. The van der Waals surface area contributed by atoms with Crippen molar-refractivity contribution in [3.8, 4) is 0 Å². The summed E-state index contributed by atoms with van der Waals surface area (Å²) in [6, 6.07) is 5.55. The summed E-state index contributed by atoms with van der Waals surface area (Å²) in [7, 11) is 0. The molecule has 0 unspecified atom stereocenters. The first-order valence-electron chi connectivity index (χ1n) is 7.26. The number of nitrogens with one attached hydrogen (secondary N) is 1. The fourth-order valence-corrected chi connectivity index (χ4v) is 3.06. The first-order chi connectivity index (χ1) is 11.4. The SMILES string of the molecule is CCCSc1nc(Cl)c([N+](=O)[O-])c(NCc2ccc(Cl)c(C)c2)n1. The number of nitrogens with zero attached hydrogens (tertiary/aromatic N) is 3. The lowest BCUT2D eigenvalue weighted by atomic mass is 10.1. The lowest BCUT2D eigenvalue weighted by Crippen LogP contribution is -2.07. The van der Waals surface area contributed by atoms with E-state index in [4.69, 9.17) is 23.2 Å². The average molecular weight is 387 g/mol. The molecular weight excluding hydrogens is 371 g/mol. The maximum Gasteiger partial charge on any atom is 0.348 e. The van der Waals surface area contributed by atoms with E-state index >= 15 is 0 Å². The van der Waals surface area contributed by atoms with Crippen LogP contribution in [0.3, 0.4) is 0 Å². The van der Waals surface area contributed by atoms with Crippen molar-refractivity contribution in [2.24, 2.45) is 0 Å². The van der Waals surface area contributed by atoms with Gasteiger partial charge in [-0.2, -0.15) is 4.98 Å². The van der Waals surface area contributed by atoms with Gasteiger partial charge in [-0.15, -0.1) is 0 Å². The molecule has 0 spiro atoms. The van der Waals surface area contributed by atoms with Gasteiger partial charge < -0.3 is 5.32 Å². The Kier molecular flexibility index (Phi) is 6.65. The van der Waals surface area contributed by atoms with Gasteiger partial charge in [0.15, 0.2) is 5.16 Å². The molecule has 0 bridgehead atoms. The Bertz CT molecular complexity index is 758. The molecule has 2 rings (SSSR count). The van der Waals surface area contributed by atoms with Crippen LogP contribution in [0.15, 0.2) is 23.4 Å². The van der Waals surface area contributed by atoms with E-state index in [-0.39, 0.29) is 16.7 Å². The van der Waals surface area contributed by atoms with E-state index in [0.717, 1.165) is 23.3 Å². The van der Waals surface area contributed by atoms with E-state index in [1.54, 1.807) is 6.07 Å². The highest BCUT2D eigenvalue weighted by Gasteiger charge is 2.23. The third-order valence-electron chi connectivity index (χ3n) is 3.12. The number of rotatable bonds is 7. The Balaban J connectivity index is 2.27. The molecule has 0 aliphatic rings. The predicted molar refractivity (Wildman–Crippen MR) is 98.2 cm³/mol. The maximum absolute atomic E-state index is 11.3. The molecular formula is C15H16Cl2N4O2S. The lowest BCUT2D eigenvalue weighted by molar-refractivity contribution is -0.384. The van der Waals surface area contributed by atoms with Gasteiger partial charge in [-0.25, -0.2) is 4.98 Å². The van der Waals surface area contributed by atoms with Crippen LogP contribution >= 0.6 is 35.0 Å². The third-order valence-corrected chi connectivity index (χ3v) is 4.86. The molecule has 0 aliphatic carbocycles. The molecule has 1 N–H and O–H groups in total. The van der Waals surface area contributed by atoms with Gasteiger partial charge in [0.2, 0.25) is 11.0 Å². The largest absolute Gasteiger partial charge is 0.360 e. The fraction of sp³-hybridized carbons (Fsp3) is 0.333. The summed E-state index contributed by atoms with van der Waals surface area (Å²) >= 11 is 13.4. The van der Waals surface area contributed by atoms with Gasteiger partial charge in [-0.3, -0.25) is 10.1 Å². The number of thioether (sulfide) groups is 1. The van der Waals surface area contributed by atoms with E-state index in [2.05, 4.69) is 15.3 Å². The van der Waals surface area contributed by atoms with Gasteiger partial charge in [0.05, 0.1) is 4.92 Å². The van der Waals surface area contributed by atoms with E-state index in [1.165, 1.54) is 11.8 Å². The number of aryl methyl sites for hydroxylation is 1. The second kappa shape index (κ2) is 8.50. The summed E-state index contributed by atoms with van der Waals surface area (Å²) in [5, 5.41) is 15.2. The zero-order chi connectivity index (χ0) is 17.7. The van der Waals surface area contributed by atoms with Crippen LogP contribution in [0, 0.1) is 17.0 Å². The fourth-order valence-electron chi connectivity index (χ4n) is 1.95. The van der Waals surface area contributed by atoms with Crippen LogP contribution in [0.25, 0.3) is 0 Å². The summed E-state index contributed by atoms with van der Waals surface area (Å²) in [4.78, 5) is 18.9. The standard InChI is InChI=1S/C15H16Cl2N4O2S/c1-3-6-24-15-19-13(17)12(21(22)23)14(20-15)18-8-10-4-5-11(16)9(2)7-10/h4-5,7H,3,6,8H2,1-2H3,(H,18,19,20). The Morgan fingerprint density at radius 1 is 1.33 bits per heavy atom. The molecule has 1 aromatic heterocycles. The van der Waals surface area contributed by atoms with Crippen LogP contribution in [0.2, 0.25) is 10.2 Å². The highest BCUT2D eigenvalue weighted by atomic mass is 35.5. The number of benzene rings is 1. The van der Waals surface area contributed by atoms with Crippen LogP contribution in [0.5, 0.6) is 0 Å². The van der Waals surface area contributed by atoms with Crippen molar-refractivity contribution in [1.29, 1.82) is 0 Å². The summed E-state index contributed by atoms with van der Waals surface area (Å²) in [6.07, 6.45) is 0.940. The monoisotopic (exact) mass is 386 g/mol. The average Bonchev–Trinajstić information content (AvgIpc) is 2.53. The molecule has 0 atom stereocenters. The Labute approximate surface area is 154 Å². The third kappa shape index (κ3) is 4.72. The molecule has 128 valence electrons. The molecule has 0 radical (unpaired) electrons. The minimum atomic E-state index is -0.577. The van der Waals surface area contributed by atoms with Crippen LogP contribution in [-0.2, 0) is 6.54 Å². The highest BCUT2D eigenvalue weighted by Crippen LogP contribution is 2.32. The van der Waals surface area contributed by atoms with Crippen LogP contribution in [-0.4, -0.2) is 20.6 Å². The number of hydrogen-bond acceptors (Lipinski definition) is 6. The Hall–Kier alpha value is -1.57. The first kappa shape index (κ1) is 18.8. The zero-order valence-electron chi connectivity index (χ0n) is 13.2. The van der Waals surface area contributed by atoms with Crippen LogP contribution < -0.4 is 5.32 Å². The lowest BCUT2D eigenvalue weighted by Gasteiger charge is -2.09. The summed E-state index contributed by atoms with van der Waals surface area (Å²) in [5.74, 6) is 0.926. The summed E-state index contributed by atoms with van der Waals surface area (Å²) in [5.41, 5.74) is 1.55. The maximum atomic E-state index is 11.3. The highest BCUT2D eigenvalue weighted by molar-refractivity contribution is 7.99. The van der Waals surface area contributed by atoms with Gasteiger partial charge in [-0.1, -0.05) is 54.0 Å². The van der Waals surface area contributed by atoms with E-state index < -0.39 is 4.92 Å². The van der Waals surface area contributed by atoms with Crippen molar-refractivity contribution in [1.82, 2.24) is 9.97 Å². The number of hydrogen-bond donors (Lipinski definition) is 1. The number of nitro groups is 1. The van der Waals surface area contributed by atoms with Crippen LogP contribution in [0.1, 0.15) is 24.5 Å². The number of halogens is 2. The van der Waals surface area contributed by atoms with E-state index in [9.17, 15) is 10.1 Å². The van der Waals surface area contributed by atoms with E-state index in [1.807, 2.05) is 26.0 Å². The second-order valence-electron chi connectivity index (χ2n) is 5.04. The van der Waals surface area contributed by atoms with Crippen molar-refractivity contribution in [3.05, 3.63) is 49.6 Å². The van der Waals surface area contributed by atoms with E-state index in [0.29, 0.717) is 16.7 Å². The smallest absolute Gasteiger partial charge is 0.348 e. The topological polar surface area (TPSA) is 81.0 Å². The van der Waals surface area contributed by atoms with Gasteiger partial charge in [-0.05, 0) is 30.5 Å². The normalized spacial score (nSPS) is 10.7. The Morgan fingerprint density at radius 3 is 2.71 bits per heavy atom. The van der Waals surface area contributed by atoms with Crippen LogP contribution in [0.4, 0.5) is 11.5 Å². The minimum Gasteiger partial charge on any atom is -0.360 e. The number of aromatic nitrogens is 2. The quantitative estimate of drug-likeness (QED) is 0.234. The van der Waals surface area contributed by atoms with Crippen molar-refractivity contribution < 1.29 is 4.92 Å². The molecule has 1 heterocycles. The van der Waals surface area contributed by atoms with Gasteiger partial charge >= 0.3 is 5.69 Å². The summed E-state index contributed by atoms with van der Waals surface area (Å²) in [6.45, 7) is 4.29. The predicted octanol–water partition coefficient (Wildman–Crippen LogP) is 5.11. The minimum absolute atomic E-state index is 0.117. The number of anilines is 1. The molecule has 0 amide bonds. The molecule has 0 saturated carbocycles. The van der Waals surface area contributed by atoms with Crippen molar-refractivity contribution in [3.63, 3.8) is 0 Å². The van der Waals surface area contributed by atoms with Crippen molar-refractivity contribution in [2.75, 3.05) is 11.1 Å². The second-order valence-corrected chi connectivity index (χ2v) is 6.86. The summed E-state index contributed by atoms with van der Waals surface area (Å²) < 4.78 is 0. The van der Waals surface area contributed by atoms with Crippen molar-refractivity contribution >= 4 is 46.5 Å². The first-order valence-corrected chi connectivity index (χ1v) is 9.00.